The second kappa shape index (κ2) is 14.6. The summed E-state index contributed by atoms with van der Waals surface area (Å²) in [5.41, 5.74) is -1.03. The van der Waals surface area contributed by atoms with E-state index in [1.54, 1.807) is 6.07 Å². The number of nitrogens with zero attached hydrogens (tertiary/aromatic N) is 2. The molecule has 4 nitrogen and oxygen atoms in total. The largest absolute Gasteiger partial charge is 0.446 e. The molecule has 0 spiro atoms. The second-order valence-corrected chi connectivity index (χ2v) is 12.1. The van der Waals surface area contributed by atoms with Crippen LogP contribution in [0.1, 0.15) is 57.1 Å². The first-order chi connectivity index (χ1) is 18.1. The summed E-state index contributed by atoms with van der Waals surface area (Å²) in [6.45, 7) is 6.63. The molecule has 0 atom stereocenters. The lowest BCUT2D eigenvalue weighted by Crippen LogP contribution is -2.42. The SMILES string of the molecule is C.Cc1ccc(CC2CCN(CCCC(=O)N3CCC(Nc4ccc(Cl)c(SC(F)(F)F)c4)CC3)CC2)cc1. The van der Waals surface area contributed by atoms with E-state index < -0.39 is 5.51 Å². The zero-order valence-corrected chi connectivity index (χ0v) is 23.5. The smallest absolute Gasteiger partial charge is 0.382 e. The van der Waals surface area contributed by atoms with E-state index in [4.69, 9.17) is 11.6 Å². The monoisotopic (exact) mass is 583 g/mol. The number of hydrogen-bond acceptors (Lipinski definition) is 4. The Morgan fingerprint density at radius 2 is 1.69 bits per heavy atom. The lowest BCUT2D eigenvalue weighted by Gasteiger charge is -2.34. The Morgan fingerprint density at radius 3 is 2.33 bits per heavy atom. The van der Waals surface area contributed by atoms with Gasteiger partial charge in [0.05, 0.1) is 5.02 Å². The van der Waals surface area contributed by atoms with Crippen molar-refractivity contribution < 1.29 is 18.0 Å². The van der Waals surface area contributed by atoms with Crippen LogP contribution in [0.4, 0.5) is 18.9 Å². The third-order valence-corrected chi connectivity index (χ3v) is 8.82. The minimum atomic E-state index is -4.38. The van der Waals surface area contributed by atoms with Gasteiger partial charge in [0.2, 0.25) is 5.91 Å². The van der Waals surface area contributed by atoms with Crippen LogP contribution in [-0.2, 0) is 11.2 Å². The molecule has 1 N–H and O–H groups in total. The number of anilines is 1. The van der Waals surface area contributed by atoms with E-state index >= 15 is 0 Å². The summed E-state index contributed by atoms with van der Waals surface area (Å²) < 4.78 is 38.3. The number of carbonyl (C=O) groups is 1. The van der Waals surface area contributed by atoms with Crippen LogP contribution in [0, 0.1) is 12.8 Å². The fourth-order valence-corrected chi connectivity index (χ4v) is 6.22. The summed E-state index contributed by atoms with van der Waals surface area (Å²) in [6, 6.07) is 13.6. The Hall–Kier alpha value is -1.90. The third kappa shape index (κ3) is 10.2. The van der Waals surface area contributed by atoms with E-state index in [-0.39, 0.29) is 41.1 Å². The summed E-state index contributed by atoms with van der Waals surface area (Å²) in [5, 5.41) is 3.40. The quantitative estimate of drug-likeness (QED) is 0.303. The maximum atomic E-state index is 12.8. The van der Waals surface area contributed by atoms with Crippen molar-refractivity contribution in [3.63, 3.8) is 0 Å². The molecule has 2 aliphatic heterocycles. The first-order valence-corrected chi connectivity index (χ1v) is 14.7. The molecule has 4 rings (SSSR count). The van der Waals surface area contributed by atoms with Crippen LogP contribution in [0.5, 0.6) is 0 Å². The van der Waals surface area contributed by atoms with Gasteiger partial charge in [-0.05, 0) is 107 Å². The number of hydrogen-bond donors (Lipinski definition) is 1. The van der Waals surface area contributed by atoms with Gasteiger partial charge in [0.25, 0.3) is 0 Å². The Morgan fingerprint density at radius 1 is 1.03 bits per heavy atom. The van der Waals surface area contributed by atoms with Crippen LogP contribution >= 0.6 is 23.4 Å². The summed E-state index contributed by atoms with van der Waals surface area (Å²) in [6.07, 6.45) is 6.57. The molecule has 2 fully saturated rings. The van der Waals surface area contributed by atoms with Gasteiger partial charge in [-0.3, -0.25) is 4.79 Å². The number of aryl methyl sites for hydroxylation is 1. The van der Waals surface area contributed by atoms with Crippen molar-refractivity contribution in [2.24, 2.45) is 5.92 Å². The van der Waals surface area contributed by atoms with Crippen LogP contribution in [0.25, 0.3) is 0 Å². The predicted octanol–water partition coefficient (Wildman–Crippen LogP) is 8.03. The fraction of sp³-hybridized carbons (Fsp3) is 0.567. The molecule has 2 saturated heterocycles. The highest BCUT2D eigenvalue weighted by Crippen LogP contribution is 2.41. The van der Waals surface area contributed by atoms with Gasteiger partial charge in [0.1, 0.15) is 0 Å². The number of nitrogens with one attached hydrogen (secondary N) is 1. The molecule has 2 aliphatic rings. The molecule has 216 valence electrons. The van der Waals surface area contributed by atoms with Gasteiger partial charge in [-0.2, -0.15) is 13.2 Å². The summed E-state index contributed by atoms with van der Waals surface area (Å²) in [7, 11) is 0. The molecule has 1 amide bonds. The van der Waals surface area contributed by atoms with E-state index in [9.17, 15) is 18.0 Å². The first-order valence-electron chi connectivity index (χ1n) is 13.5. The Bertz CT molecular complexity index is 1050. The van der Waals surface area contributed by atoms with E-state index in [2.05, 4.69) is 41.4 Å². The highest BCUT2D eigenvalue weighted by molar-refractivity contribution is 8.00. The molecule has 0 aromatic heterocycles. The van der Waals surface area contributed by atoms with Crippen LogP contribution in [-0.4, -0.2) is 60.0 Å². The summed E-state index contributed by atoms with van der Waals surface area (Å²) >= 11 is 5.73. The van der Waals surface area contributed by atoms with E-state index in [1.165, 1.54) is 36.1 Å². The molecular weight excluding hydrogens is 543 g/mol. The molecule has 0 bridgehead atoms. The van der Waals surface area contributed by atoms with Gasteiger partial charge >= 0.3 is 5.51 Å². The lowest BCUT2D eigenvalue weighted by molar-refractivity contribution is -0.132. The minimum Gasteiger partial charge on any atom is -0.382 e. The highest BCUT2D eigenvalue weighted by atomic mass is 35.5. The van der Waals surface area contributed by atoms with Gasteiger partial charge in [0.15, 0.2) is 0 Å². The van der Waals surface area contributed by atoms with Gasteiger partial charge in [-0.25, -0.2) is 0 Å². The average Bonchev–Trinajstić information content (AvgIpc) is 2.88. The topological polar surface area (TPSA) is 35.6 Å². The summed E-state index contributed by atoms with van der Waals surface area (Å²) in [5.74, 6) is 0.946. The number of piperidine rings is 2. The molecule has 39 heavy (non-hydrogen) atoms. The molecule has 0 radical (unpaired) electrons. The molecule has 2 heterocycles. The predicted molar refractivity (Wildman–Crippen MR) is 157 cm³/mol. The lowest BCUT2D eigenvalue weighted by atomic mass is 9.90. The van der Waals surface area contributed by atoms with Crippen molar-refractivity contribution in [1.82, 2.24) is 9.80 Å². The molecule has 2 aromatic carbocycles. The van der Waals surface area contributed by atoms with Crippen molar-refractivity contribution in [2.45, 2.75) is 75.7 Å². The van der Waals surface area contributed by atoms with E-state index in [0.717, 1.165) is 51.2 Å². The maximum Gasteiger partial charge on any atom is 0.446 e. The molecule has 9 heteroatoms. The molecule has 0 unspecified atom stereocenters. The highest BCUT2D eigenvalue weighted by Gasteiger charge is 2.31. The number of amides is 1. The van der Waals surface area contributed by atoms with Crippen molar-refractivity contribution >= 4 is 35.0 Å². The zero-order valence-electron chi connectivity index (χ0n) is 21.9. The molecule has 0 saturated carbocycles. The van der Waals surface area contributed by atoms with Crippen LogP contribution < -0.4 is 5.32 Å². The van der Waals surface area contributed by atoms with E-state index in [1.807, 2.05) is 4.90 Å². The number of benzene rings is 2. The Labute approximate surface area is 240 Å². The first kappa shape index (κ1) is 31.6. The van der Waals surface area contributed by atoms with Crippen LogP contribution in [0.15, 0.2) is 47.4 Å². The third-order valence-electron chi connectivity index (χ3n) is 7.59. The molecule has 2 aromatic rings. The molecule has 0 aliphatic carbocycles. The van der Waals surface area contributed by atoms with Crippen LogP contribution in [0.2, 0.25) is 5.02 Å². The number of halogens is 4. The van der Waals surface area contributed by atoms with Crippen LogP contribution in [0.3, 0.4) is 0 Å². The fourth-order valence-electron chi connectivity index (χ4n) is 5.39. The maximum absolute atomic E-state index is 12.8. The minimum absolute atomic E-state index is 0. The number of likely N-dealkylation sites (tertiary alicyclic amines) is 2. The van der Waals surface area contributed by atoms with Gasteiger partial charge < -0.3 is 15.1 Å². The van der Waals surface area contributed by atoms with Gasteiger partial charge in [-0.1, -0.05) is 48.9 Å². The molecular formula is C30H41ClF3N3OS. The summed E-state index contributed by atoms with van der Waals surface area (Å²) in [4.78, 5) is 17.2. The second-order valence-electron chi connectivity index (χ2n) is 10.6. The van der Waals surface area contributed by atoms with Crippen molar-refractivity contribution in [2.75, 3.05) is 38.0 Å². The van der Waals surface area contributed by atoms with Crippen molar-refractivity contribution in [3.8, 4) is 0 Å². The number of alkyl halides is 3. The average molecular weight is 584 g/mol. The Balaban J connectivity index is 0.00000420. The number of rotatable bonds is 9. The van der Waals surface area contributed by atoms with E-state index in [0.29, 0.717) is 25.2 Å². The number of carbonyl (C=O) groups excluding carboxylic acids is 1. The van der Waals surface area contributed by atoms with Crippen molar-refractivity contribution in [3.05, 3.63) is 58.6 Å². The van der Waals surface area contributed by atoms with Gasteiger partial charge in [-0.15, -0.1) is 0 Å². The standard InChI is InChI=1S/C29H37ClF3N3OS.CH4/c1-21-4-6-22(7-5-21)19-23-10-15-35(16-11-23)14-2-3-28(37)36-17-12-24(13-18-36)34-25-8-9-26(30)27(20-25)38-29(31,32)33;/h4-9,20,23-24,34H,2-3,10-19H2,1H3;1H4. The normalized spacial score (nSPS) is 17.6. The van der Waals surface area contributed by atoms with Crippen molar-refractivity contribution in [1.29, 1.82) is 0 Å². The Kier molecular flexibility index (Phi) is 11.9. The van der Waals surface area contributed by atoms with Gasteiger partial charge in [0, 0.05) is 36.1 Å². The zero-order chi connectivity index (χ0) is 27.1. The number of thioether (sulfide) groups is 1.